The number of hydrogen-bond acceptors (Lipinski definition) is 4. The molecule has 2 heterocycles. The standard InChI is InChI=1S/C18H24N4O/c1-11(18(2,3)4)15(19-7-8-23)13-9-20-17-16(13)22-14(10-21-17)12-5-6-12/h8-10,12,19H,5-7H2,1-4H3,(H,20,21)/b15-11-. The Morgan fingerprint density at radius 1 is 1.43 bits per heavy atom. The van der Waals surface area contributed by atoms with Crippen LogP contribution in [0.5, 0.6) is 0 Å². The van der Waals surface area contributed by atoms with Crippen molar-refractivity contribution in [3.8, 4) is 0 Å². The minimum absolute atomic E-state index is 0.00363. The van der Waals surface area contributed by atoms with E-state index >= 15 is 0 Å². The van der Waals surface area contributed by atoms with Gasteiger partial charge in [-0.3, -0.25) is 0 Å². The Bertz CT molecular complexity index is 763. The zero-order valence-electron chi connectivity index (χ0n) is 14.2. The van der Waals surface area contributed by atoms with E-state index in [1.165, 1.54) is 18.4 Å². The smallest absolute Gasteiger partial charge is 0.156 e. The Morgan fingerprint density at radius 3 is 2.78 bits per heavy atom. The minimum atomic E-state index is -0.00363. The molecule has 0 radical (unpaired) electrons. The molecule has 5 heteroatoms. The molecule has 0 aromatic carbocycles. The molecule has 1 fully saturated rings. The van der Waals surface area contributed by atoms with E-state index in [0.717, 1.165) is 34.4 Å². The van der Waals surface area contributed by atoms with Crippen molar-refractivity contribution in [1.82, 2.24) is 20.3 Å². The number of aldehydes is 1. The van der Waals surface area contributed by atoms with Crippen LogP contribution < -0.4 is 5.32 Å². The minimum Gasteiger partial charge on any atom is -0.378 e. The first-order valence-electron chi connectivity index (χ1n) is 8.15. The van der Waals surface area contributed by atoms with Gasteiger partial charge in [0.25, 0.3) is 0 Å². The fraction of sp³-hybridized carbons (Fsp3) is 0.500. The van der Waals surface area contributed by atoms with E-state index in [4.69, 9.17) is 4.98 Å². The van der Waals surface area contributed by atoms with E-state index in [0.29, 0.717) is 5.92 Å². The van der Waals surface area contributed by atoms with Crippen LogP contribution >= 0.6 is 0 Å². The molecule has 2 N–H and O–H groups in total. The van der Waals surface area contributed by atoms with Crippen molar-refractivity contribution in [3.63, 3.8) is 0 Å². The van der Waals surface area contributed by atoms with E-state index in [1.807, 2.05) is 12.4 Å². The number of aromatic amines is 1. The first-order chi connectivity index (χ1) is 10.9. The average molecular weight is 312 g/mol. The summed E-state index contributed by atoms with van der Waals surface area (Å²) in [5.41, 5.74) is 5.89. The normalized spacial score (nSPS) is 16.3. The number of carbonyl (C=O) groups excluding carboxylic acids is 1. The van der Waals surface area contributed by atoms with E-state index in [9.17, 15) is 4.79 Å². The third-order valence-corrected chi connectivity index (χ3v) is 4.53. The van der Waals surface area contributed by atoms with Gasteiger partial charge < -0.3 is 15.1 Å². The average Bonchev–Trinajstić information content (AvgIpc) is 3.27. The van der Waals surface area contributed by atoms with E-state index in [1.54, 1.807) is 0 Å². The summed E-state index contributed by atoms with van der Waals surface area (Å²) in [7, 11) is 0. The summed E-state index contributed by atoms with van der Waals surface area (Å²) in [5.74, 6) is 0.564. The van der Waals surface area contributed by atoms with Gasteiger partial charge in [0.05, 0.1) is 18.4 Å². The second kappa shape index (κ2) is 5.80. The summed E-state index contributed by atoms with van der Waals surface area (Å²) in [6.07, 6.45) is 7.09. The zero-order chi connectivity index (χ0) is 16.6. The Labute approximate surface area is 136 Å². The first-order valence-corrected chi connectivity index (χ1v) is 8.15. The van der Waals surface area contributed by atoms with Crippen molar-refractivity contribution in [1.29, 1.82) is 0 Å². The Balaban J connectivity index is 2.13. The van der Waals surface area contributed by atoms with Crippen molar-refractivity contribution in [2.45, 2.75) is 46.5 Å². The lowest BCUT2D eigenvalue weighted by molar-refractivity contribution is -0.107. The lowest BCUT2D eigenvalue weighted by atomic mass is 9.85. The highest BCUT2D eigenvalue weighted by Crippen LogP contribution is 2.39. The maximum absolute atomic E-state index is 10.8. The van der Waals surface area contributed by atoms with Crippen molar-refractivity contribution in [2.24, 2.45) is 5.41 Å². The third-order valence-electron chi connectivity index (χ3n) is 4.53. The molecular weight excluding hydrogens is 288 g/mol. The largest absolute Gasteiger partial charge is 0.378 e. The van der Waals surface area contributed by atoms with Gasteiger partial charge in [0, 0.05) is 23.4 Å². The fourth-order valence-electron chi connectivity index (χ4n) is 2.62. The maximum Gasteiger partial charge on any atom is 0.156 e. The van der Waals surface area contributed by atoms with Gasteiger partial charge in [0.2, 0.25) is 0 Å². The Hall–Kier alpha value is -2.17. The van der Waals surface area contributed by atoms with Gasteiger partial charge in [-0.15, -0.1) is 0 Å². The lowest BCUT2D eigenvalue weighted by Gasteiger charge is -2.24. The number of carbonyl (C=O) groups is 1. The van der Waals surface area contributed by atoms with Crippen LogP contribution in [0.3, 0.4) is 0 Å². The van der Waals surface area contributed by atoms with Crippen molar-refractivity contribution < 1.29 is 4.79 Å². The second-order valence-electron chi connectivity index (χ2n) is 7.27. The van der Waals surface area contributed by atoms with Crippen LogP contribution in [0, 0.1) is 5.41 Å². The molecule has 1 aliphatic carbocycles. The molecule has 0 bridgehead atoms. The lowest BCUT2D eigenvalue weighted by Crippen LogP contribution is -2.20. The summed E-state index contributed by atoms with van der Waals surface area (Å²) < 4.78 is 0. The second-order valence-corrected chi connectivity index (χ2v) is 7.27. The van der Waals surface area contributed by atoms with Crippen LogP contribution in [0.1, 0.15) is 57.7 Å². The molecule has 0 saturated heterocycles. The molecule has 1 saturated carbocycles. The van der Waals surface area contributed by atoms with Crippen LogP contribution in [-0.2, 0) is 4.79 Å². The summed E-state index contributed by atoms with van der Waals surface area (Å²) in [4.78, 5) is 23.4. The van der Waals surface area contributed by atoms with Gasteiger partial charge in [-0.1, -0.05) is 20.8 Å². The summed E-state index contributed by atoms with van der Waals surface area (Å²) in [5, 5.41) is 3.26. The van der Waals surface area contributed by atoms with E-state index in [2.05, 4.69) is 43.0 Å². The van der Waals surface area contributed by atoms with Gasteiger partial charge in [-0.25, -0.2) is 9.97 Å². The van der Waals surface area contributed by atoms with Crippen LogP contribution in [0.2, 0.25) is 0 Å². The number of rotatable bonds is 5. The molecule has 2 aromatic rings. The molecular formula is C18H24N4O. The van der Waals surface area contributed by atoms with Crippen LogP contribution in [-0.4, -0.2) is 27.8 Å². The highest BCUT2D eigenvalue weighted by Gasteiger charge is 2.27. The number of aromatic nitrogens is 3. The Kier molecular flexibility index (Phi) is 3.96. The van der Waals surface area contributed by atoms with Gasteiger partial charge in [0.15, 0.2) is 5.65 Å². The maximum atomic E-state index is 10.8. The zero-order valence-corrected chi connectivity index (χ0v) is 14.2. The number of nitrogens with zero attached hydrogens (tertiary/aromatic N) is 2. The molecule has 0 unspecified atom stereocenters. The topological polar surface area (TPSA) is 70.7 Å². The number of H-pyrrole nitrogens is 1. The fourth-order valence-corrected chi connectivity index (χ4v) is 2.62. The predicted octanol–water partition coefficient (Wildman–Crippen LogP) is 3.40. The van der Waals surface area contributed by atoms with Crippen LogP contribution in [0.15, 0.2) is 18.0 Å². The summed E-state index contributed by atoms with van der Waals surface area (Å²) >= 11 is 0. The van der Waals surface area contributed by atoms with Crippen molar-refractivity contribution in [3.05, 3.63) is 29.2 Å². The molecule has 0 amide bonds. The highest BCUT2D eigenvalue weighted by molar-refractivity contribution is 5.88. The number of nitrogens with one attached hydrogen (secondary N) is 2. The van der Waals surface area contributed by atoms with Crippen LogP contribution in [0.4, 0.5) is 0 Å². The molecule has 0 aliphatic heterocycles. The van der Waals surface area contributed by atoms with Gasteiger partial charge in [0.1, 0.15) is 11.8 Å². The number of fused-ring (bicyclic) bond motifs is 1. The Morgan fingerprint density at radius 2 is 2.17 bits per heavy atom. The molecule has 0 atom stereocenters. The van der Waals surface area contributed by atoms with E-state index < -0.39 is 0 Å². The molecule has 23 heavy (non-hydrogen) atoms. The molecule has 1 aliphatic rings. The summed E-state index contributed by atoms with van der Waals surface area (Å²) in [6, 6.07) is 0. The molecule has 3 rings (SSSR count). The first kappa shape index (κ1) is 15.7. The molecule has 0 spiro atoms. The van der Waals surface area contributed by atoms with Gasteiger partial charge in [-0.2, -0.15) is 0 Å². The van der Waals surface area contributed by atoms with Crippen molar-refractivity contribution >= 4 is 23.1 Å². The quantitative estimate of drug-likeness (QED) is 0.830. The van der Waals surface area contributed by atoms with Crippen LogP contribution in [0.25, 0.3) is 16.9 Å². The van der Waals surface area contributed by atoms with Gasteiger partial charge in [-0.05, 0) is 30.8 Å². The van der Waals surface area contributed by atoms with E-state index in [-0.39, 0.29) is 12.0 Å². The monoisotopic (exact) mass is 312 g/mol. The van der Waals surface area contributed by atoms with Gasteiger partial charge >= 0.3 is 0 Å². The predicted molar refractivity (Wildman–Crippen MR) is 92.0 cm³/mol. The number of hydrogen-bond donors (Lipinski definition) is 2. The number of allylic oxidation sites excluding steroid dienone is 1. The highest BCUT2D eigenvalue weighted by atomic mass is 16.1. The van der Waals surface area contributed by atoms with Crippen molar-refractivity contribution in [2.75, 3.05) is 6.54 Å². The molecule has 122 valence electrons. The SMILES string of the molecule is C/C(=C(/NCC=O)c1c[nH]c2ncc(C3CC3)nc12)C(C)(C)C. The molecule has 2 aromatic heterocycles. The third kappa shape index (κ3) is 3.14. The summed E-state index contributed by atoms with van der Waals surface area (Å²) in [6.45, 7) is 8.89. The molecule has 5 nitrogen and oxygen atoms in total.